The van der Waals surface area contributed by atoms with Gasteiger partial charge in [0, 0.05) is 30.5 Å². The van der Waals surface area contributed by atoms with Gasteiger partial charge in [-0.1, -0.05) is 24.3 Å². The highest BCUT2D eigenvalue weighted by molar-refractivity contribution is 6.02. The highest BCUT2D eigenvalue weighted by Gasteiger charge is 2.34. The fourth-order valence-corrected chi connectivity index (χ4v) is 4.51. The van der Waals surface area contributed by atoms with Crippen LogP contribution in [0.15, 0.2) is 66.7 Å². The second-order valence-electron chi connectivity index (χ2n) is 9.04. The second kappa shape index (κ2) is 11.0. The summed E-state index contributed by atoms with van der Waals surface area (Å²) in [6.07, 6.45) is -2.74. The number of likely N-dealkylation sites (tertiary alicyclic amines) is 1. The first-order valence-corrected chi connectivity index (χ1v) is 12.0. The zero-order valence-corrected chi connectivity index (χ0v) is 20.2. The molecule has 192 valence electrons. The first-order chi connectivity index (χ1) is 17.7. The van der Waals surface area contributed by atoms with Crippen molar-refractivity contribution in [2.24, 2.45) is 0 Å². The Hall–Kier alpha value is -3.90. The SMILES string of the molecule is CC1CCCN1CCN(C(=O)Nc1ccc(F)c(C(F)(F)F)c1)c1ccc(-c2cccc(C#N)c2)cc1. The van der Waals surface area contributed by atoms with Crippen LogP contribution in [-0.2, 0) is 6.18 Å². The van der Waals surface area contributed by atoms with E-state index in [1.165, 1.54) is 4.90 Å². The summed E-state index contributed by atoms with van der Waals surface area (Å²) in [6, 6.07) is 18.6. The van der Waals surface area contributed by atoms with E-state index >= 15 is 0 Å². The Balaban J connectivity index is 1.59. The Morgan fingerprint density at radius 3 is 2.51 bits per heavy atom. The van der Waals surface area contributed by atoms with Gasteiger partial charge in [0.15, 0.2) is 0 Å². The molecular formula is C28H26F4N4O. The van der Waals surface area contributed by atoms with Crippen molar-refractivity contribution in [3.05, 3.63) is 83.7 Å². The maximum Gasteiger partial charge on any atom is 0.419 e. The second-order valence-corrected chi connectivity index (χ2v) is 9.04. The van der Waals surface area contributed by atoms with Crippen molar-refractivity contribution >= 4 is 17.4 Å². The summed E-state index contributed by atoms with van der Waals surface area (Å²) in [5.74, 6) is -1.40. The van der Waals surface area contributed by atoms with Crippen molar-refractivity contribution in [3.63, 3.8) is 0 Å². The number of halogens is 4. The van der Waals surface area contributed by atoms with Crippen LogP contribution in [0.3, 0.4) is 0 Å². The third-order valence-electron chi connectivity index (χ3n) is 6.57. The molecule has 0 aliphatic carbocycles. The zero-order chi connectivity index (χ0) is 26.6. The molecule has 0 spiro atoms. The number of rotatable bonds is 6. The van der Waals surface area contributed by atoms with Crippen molar-refractivity contribution in [2.45, 2.75) is 32.0 Å². The van der Waals surface area contributed by atoms with E-state index in [1.807, 2.05) is 18.2 Å². The number of hydrogen-bond donors (Lipinski definition) is 1. The molecule has 0 radical (unpaired) electrons. The van der Waals surface area contributed by atoms with Crippen molar-refractivity contribution in [3.8, 4) is 17.2 Å². The molecule has 1 aliphatic heterocycles. The molecule has 1 atom stereocenters. The van der Waals surface area contributed by atoms with Gasteiger partial charge in [-0.2, -0.15) is 18.4 Å². The molecule has 4 rings (SSSR count). The van der Waals surface area contributed by atoms with E-state index < -0.39 is 23.6 Å². The van der Waals surface area contributed by atoms with Crippen LogP contribution in [-0.4, -0.2) is 36.6 Å². The van der Waals surface area contributed by atoms with Crippen LogP contribution in [0.4, 0.5) is 33.7 Å². The number of nitriles is 1. The molecule has 1 saturated heterocycles. The number of anilines is 2. The minimum atomic E-state index is -4.88. The molecule has 3 aromatic rings. The zero-order valence-electron chi connectivity index (χ0n) is 20.2. The Labute approximate surface area is 212 Å². The third kappa shape index (κ3) is 6.27. The van der Waals surface area contributed by atoms with Gasteiger partial charge < -0.3 is 5.32 Å². The van der Waals surface area contributed by atoms with Crippen LogP contribution < -0.4 is 10.2 Å². The Bertz CT molecular complexity index is 1300. The lowest BCUT2D eigenvalue weighted by Gasteiger charge is -2.28. The Kier molecular flexibility index (Phi) is 7.79. The van der Waals surface area contributed by atoms with Crippen molar-refractivity contribution < 1.29 is 22.4 Å². The normalized spacial score (nSPS) is 15.8. The summed E-state index contributed by atoms with van der Waals surface area (Å²) >= 11 is 0. The molecule has 1 fully saturated rings. The molecule has 0 bridgehead atoms. The van der Waals surface area contributed by atoms with Gasteiger partial charge in [-0.15, -0.1) is 0 Å². The maximum absolute atomic E-state index is 13.7. The van der Waals surface area contributed by atoms with E-state index in [0.29, 0.717) is 42.5 Å². The largest absolute Gasteiger partial charge is 0.419 e. The van der Waals surface area contributed by atoms with E-state index in [9.17, 15) is 22.4 Å². The van der Waals surface area contributed by atoms with Crippen LogP contribution in [0.25, 0.3) is 11.1 Å². The minimum absolute atomic E-state index is 0.150. The number of nitrogens with one attached hydrogen (secondary N) is 1. The van der Waals surface area contributed by atoms with Gasteiger partial charge in [0.25, 0.3) is 0 Å². The fourth-order valence-electron chi connectivity index (χ4n) is 4.51. The molecule has 0 saturated carbocycles. The van der Waals surface area contributed by atoms with Crippen LogP contribution in [0.2, 0.25) is 0 Å². The van der Waals surface area contributed by atoms with Crippen LogP contribution in [0.1, 0.15) is 30.9 Å². The summed E-state index contributed by atoms with van der Waals surface area (Å²) < 4.78 is 53.2. The molecule has 3 aromatic carbocycles. The lowest BCUT2D eigenvalue weighted by atomic mass is 10.0. The van der Waals surface area contributed by atoms with E-state index in [4.69, 9.17) is 5.26 Å². The number of amides is 2. The monoisotopic (exact) mass is 510 g/mol. The average Bonchev–Trinajstić information content (AvgIpc) is 3.29. The molecule has 0 aromatic heterocycles. The van der Waals surface area contributed by atoms with Gasteiger partial charge in [-0.25, -0.2) is 9.18 Å². The summed E-state index contributed by atoms with van der Waals surface area (Å²) in [6.45, 7) is 3.95. The average molecular weight is 511 g/mol. The fraction of sp³-hybridized carbons (Fsp3) is 0.286. The number of benzene rings is 3. The van der Waals surface area contributed by atoms with E-state index in [-0.39, 0.29) is 5.69 Å². The van der Waals surface area contributed by atoms with Crippen LogP contribution in [0, 0.1) is 17.1 Å². The van der Waals surface area contributed by atoms with Gasteiger partial charge >= 0.3 is 12.2 Å². The van der Waals surface area contributed by atoms with Gasteiger partial charge in [-0.05, 0) is 79.9 Å². The summed E-state index contributed by atoms with van der Waals surface area (Å²) in [5.41, 5.74) is 1.19. The smallest absolute Gasteiger partial charge is 0.308 e. The van der Waals surface area contributed by atoms with Gasteiger partial charge in [0.2, 0.25) is 0 Å². The Morgan fingerprint density at radius 2 is 1.86 bits per heavy atom. The van der Waals surface area contributed by atoms with E-state index in [1.54, 1.807) is 30.3 Å². The number of nitrogens with zero attached hydrogens (tertiary/aromatic N) is 3. The first-order valence-electron chi connectivity index (χ1n) is 12.0. The molecule has 1 unspecified atom stereocenters. The van der Waals surface area contributed by atoms with Gasteiger partial charge in [0.05, 0.1) is 17.2 Å². The highest BCUT2D eigenvalue weighted by atomic mass is 19.4. The van der Waals surface area contributed by atoms with Crippen molar-refractivity contribution in [1.29, 1.82) is 5.26 Å². The molecule has 37 heavy (non-hydrogen) atoms. The molecule has 1 heterocycles. The number of urea groups is 1. The third-order valence-corrected chi connectivity index (χ3v) is 6.57. The summed E-state index contributed by atoms with van der Waals surface area (Å²) in [4.78, 5) is 17.0. The molecule has 1 N–H and O–H groups in total. The number of alkyl halides is 3. The first kappa shape index (κ1) is 26.2. The summed E-state index contributed by atoms with van der Waals surface area (Å²) in [7, 11) is 0. The molecular weight excluding hydrogens is 484 g/mol. The Morgan fingerprint density at radius 1 is 1.11 bits per heavy atom. The van der Waals surface area contributed by atoms with Crippen LogP contribution >= 0.6 is 0 Å². The van der Waals surface area contributed by atoms with Crippen molar-refractivity contribution in [2.75, 3.05) is 29.9 Å². The number of carbonyl (C=O) groups excluding carboxylic acids is 1. The molecule has 5 nitrogen and oxygen atoms in total. The van der Waals surface area contributed by atoms with E-state index in [2.05, 4.69) is 23.2 Å². The maximum atomic E-state index is 13.7. The number of carbonyl (C=O) groups is 1. The quantitative estimate of drug-likeness (QED) is 0.367. The molecule has 9 heteroatoms. The van der Waals surface area contributed by atoms with Crippen LogP contribution in [0.5, 0.6) is 0 Å². The predicted octanol–water partition coefficient (Wildman–Crippen LogP) is 6.91. The minimum Gasteiger partial charge on any atom is -0.308 e. The summed E-state index contributed by atoms with van der Waals surface area (Å²) in [5, 5.41) is 11.7. The van der Waals surface area contributed by atoms with Crippen molar-refractivity contribution in [1.82, 2.24) is 4.90 Å². The topological polar surface area (TPSA) is 59.4 Å². The number of hydrogen-bond acceptors (Lipinski definition) is 3. The van der Waals surface area contributed by atoms with Gasteiger partial charge in [0.1, 0.15) is 5.82 Å². The molecule has 2 amide bonds. The molecule has 1 aliphatic rings. The highest BCUT2D eigenvalue weighted by Crippen LogP contribution is 2.33. The van der Waals surface area contributed by atoms with E-state index in [0.717, 1.165) is 36.6 Å². The standard InChI is InChI=1S/C28H26F4N4O/c1-19-4-3-13-35(19)14-15-36(27(37)34-23-9-12-26(29)25(17-23)28(30,31)32)24-10-7-21(8-11-24)22-6-2-5-20(16-22)18-33/h2,5-12,16-17,19H,3-4,13-15H2,1H3,(H,34,37). The lowest BCUT2D eigenvalue weighted by Crippen LogP contribution is -2.42. The predicted molar refractivity (Wildman–Crippen MR) is 135 cm³/mol. The lowest BCUT2D eigenvalue weighted by molar-refractivity contribution is -0.139. The van der Waals surface area contributed by atoms with Gasteiger partial charge in [-0.3, -0.25) is 9.80 Å².